The monoisotopic (exact) mass is 431 g/mol. The van der Waals surface area contributed by atoms with Crippen LogP contribution < -0.4 is 10.1 Å². The normalized spacial score (nSPS) is 10.9. The van der Waals surface area contributed by atoms with Crippen LogP contribution in [-0.2, 0) is 6.61 Å². The average Bonchev–Trinajstić information content (AvgIpc) is 3.17. The second kappa shape index (κ2) is 8.12. The minimum absolute atomic E-state index is 0.0816. The van der Waals surface area contributed by atoms with Gasteiger partial charge in [-0.05, 0) is 36.8 Å². The molecule has 0 aliphatic heterocycles. The number of carbonyl (C=O) groups is 1. The largest absolute Gasteiger partial charge is 0.479 e. The molecule has 0 saturated carbocycles. The molecule has 0 atom stereocenters. The van der Waals surface area contributed by atoms with E-state index in [9.17, 15) is 26.7 Å². The molecular formula is C19H11ClF5NO3. The Balaban J connectivity index is 1.73. The molecule has 29 heavy (non-hydrogen) atoms. The first kappa shape index (κ1) is 20.7. The third-order valence-corrected chi connectivity index (χ3v) is 4.34. The molecule has 0 spiro atoms. The maximum atomic E-state index is 13.6. The highest BCUT2D eigenvalue weighted by molar-refractivity contribution is 6.31. The zero-order valence-electron chi connectivity index (χ0n) is 14.6. The Labute approximate surface area is 165 Å². The van der Waals surface area contributed by atoms with Crippen LogP contribution in [0.2, 0.25) is 5.02 Å². The van der Waals surface area contributed by atoms with Crippen molar-refractivity contribution in [1.29, 1.82) is 0 Å². The highest BCUT2D eigenvalue weighted by Crippen LogP contribution is 2.30. The Morgan fingerprint density at radius 3 is 2.28 bits per heavy atom. The SMILES string of the molecule is Cc1c(Cl)cccc1NC(=O)c1ccc(COc2c(F)c(F)c(F)c(F)c2F)o1. The summed E-state index contributed by atoms with van der Waals surface area (Å²) in [6.45, 7) is 1.02. The summed E-state index contributed by atoms with van der Waals surface area (Å²) in [6, 6.07) is 7.41. The molecule has 3 rings (SSSR count). The second-order valence-electron chi connectivity index (χ2n) is 5.82. The fourth-order valence-corrected chi connectivity index (χ4v) is 2.53. The molecule has 1 amide bonds. The lowest BCUT2D eigenvalue weighted by molar-refractivity contribution is 0.0992. The zero-order chi connectivity index (χ0) is 21.3. The molecule has 4 nitrogen and oxygen atoms in total. The molecule has 1 heterocycles. The molecule has 2 aromatic carbocycles. The lowest BCUT2D eigenvalue weighted by atomic mass is 10.2. The van der Waals surface area contributed by atoms with Gasteiger partial charge in [-0.3, -0.25) is 4.79 Å². The van der Waals surface area contributed by atoms with Gasteiger partial charge < -0.3 is 14.5 Å². The van der Waals surface area contributed by atoms with Crippen molar-refractivity contribution in [2.45, 2.75) is 13.5 Å². The standard InChI is InChI=1S/C19H11ClF5NO3/c1-8-10(20)3-2-4-11(8)26-19(27)12-6-5-9(29-12)7-28-18-16(24)14(22)13(21)15(23)17(18)25/h2-6H,7H2,1H3,(H,26,27). The summed E-state index contributed by atoms with van der Waals surface area (Å²) in [7, 11) is 0. The molecule has 0 aliphatic rings. The van der Waals surface area contributed by atoms with Crippen molar-refractivity contribution in [2.24, 2.45) is 0 Å². The first-order chi connectivity index (χ1) is 13.7. The Kier molecular flexibility index (Phi) is 5.78. The van der Waals surface area contributed by atoms with Crippen molar-refractivity contribution in [2.75, 3.05) is 5.32 Å². The predicted molar refractivity (Wildman–Crippen MR) is 93.4 cm³/mol. The maximum Gasteiger partial charge on any atom is 0.291 e. The summed E-state index contributed by atoms with van der Waals surface area (Å²) in [5.41, 5.74) is 1.07. The third-order valence-electron chi connectivity index (χ3n) is 3.93. The van der Waals surface area contributed by atoms with Crippen molar-refractivity contribution in [3.8, 4) is 5.75 Å². The number of rotatable bonds is 5. The number of halogens is 6. The summed E-state index contributed by atoms with van der Waals surface area (Å²) < 4.78 is 76.5. The number of furan rings is 1. The topological polar surface area (TPSA) is 51.5 Å². The minimum Gasteiger partial charge on any atom is -0.479 e. The molecule has 0 bridgehead atoms. The molecule has 0 radical (unpaired) electrons. The molecule has 1 aromatic heterocycles. The van der Waals surface area contributed by atoms with Crippen LogP contribution in [0.15, 0.2) is 34.7 Å². The van der Waals surface area contributed by atoms with Crippen LogP contribution in [0.25, 0.3) is 0 Å². The van der Waals surface area contributed by atoms with Crippen LogP contribution in [0.4, 0.5) is 27.6 Å². The van der Waals surface area contributed by atoms with Crippen molar-refractivity contribution in [1.82, 2.24) is 0 Å². The molecular weight excluding hydrogens is 421 g/mol. The summed E-state index contributed by atoms with van der Waals surface area (Å²) >= 11 is 5.97. The van der Waals surface area contributed by atoms with E-state index in [0.717, 1.165) is 0 Å². The van der Waals surface area contributed by atoms with E-state index < -0.39 is 47.3 Å². The van der Waals surface area contributed by atoms with Crippen molar-refractivity contribution >= 4 is 23.2 Å². The van der Waals surface area contributed by atoms with Crippen LogP contribution in [-0.4, -0.2) is 5.91 Å². The number of anilines is 1. The lowest BCUT2D eigenvalue weighted by Crippen LogP contribution is -2.12. The van der Waals surface area contributed by atoms with Gasteiger partial charge in [-0.15, -0.1) is 0 Å². The molecule has 0 unspecified atom stereocenters. The van der Waals surface area contributed by atoms with Gasteiger partial charge in [-0.25, -0.2) is 13.2 Å². The zero-order valence-corrected chi connectivity index (χ0v) is 15.3. The van der Waals surface area contributed by atoms with Gasteiger partial charge in [0, 0.05) is 10.7 Å². The van der Waals surface area contributed by atoms with Crippen LogP contribution in [0, 0.1) is 36.0 Å². The Hall–Kier alpha value is -3.07. The lowest BCUT2D eigenvalue weighted by Gasteiger charge is -2.09. The van der Waals surface area contributed by atoms with Crippen LogP contribution in [0.3, 0.4) is 0 Å². The van der Waals surface area contributed by atoms with E-state index in [1.807, 2.05) is 0 Å². The van der Waals surface area contributed by atoms with E-state index in [4.69, 9.17) is 16.0 Å². The summed E-state index contributed by atoms with van der Waals surface area (Å²) in [5, 5.41) is 3.02. The van der Waals surface area contributed by atoms with E-state index in [1.54, 1.807) is 25.1 Å². The smallest absolute Gasteiger partial charge is 0.291 e. The maximum absolute atomic E-state index is 13.6. The second-order valence-corrected chi connectivity index (χ2v) is 6.23. The van der Waals surface area contributed by atoms with E-state index in [0.29, 0.717) is 16.3 Å². The molecule has 3 aromatic rings. The van der Waals surface area contributed by atoms with Crippen molar-refractivity contribution < 1.29 is 35.9 Å². The number of hydrogen-bond donors (Lipinski definition) is 1. The van der Waals surface area contributed by atoms with Gasteiger partial charge in [0.15, 0.2) is 11.5 Å². The quantitative estimate of drug-likeness (QED) is 0.317. The van der Waals surface area contributed by atoms with E-state index in [-0.39, 0.29) is 11.5 Å². The van der Waals surface area contributed by atoms with E-state index in [2.05, 4.69) is 10.1 Å². The highest BCUT2D eigenvalue weighted by Gasteiger charge is 2.27. The van der Waals surface area contributed by atoms with Gasteiger partial charge in [0.05, 0.1) is 0 Å². The molecule has 1 N–H and O–H groups in total. The fraction of sp³-hybridized carbons (Fsp3) is 0.105. The average molecular weight is 432 g/mol. The molecule has 0 fully saturated rings. The van der Waals surface area contributed by atoms with Crippen LogP contribution >= 0.6 is 11.6 Å². The molecule has 10 heteroatoms. The number of carbonyl (C=O) groups excluding carboxylic acids is 1. The number of ether oxygens (including phenoxy) is 1. The molecule has 0 aliphatic carbocycles. The van der Waals surface area contributed by atoms with Crippen LogP contribution in [0.1, 0.15) is 21.9 Å². The molecule has 0 saturated heterocycles. The Morgan fingerprint density at radius 1 is 1.00 bits per heavy atom. The van der Waals surface area contributed by atoms with Crippen LogP contribution in [0.5, 0.6) is 5.75 Å². The first-order valence-corrected chi connectivity index (χ1v) is 8.38. The summed E-state index contributed by atoms with van der Waals surface area (Å²) in [4.78, 5) is 12.3. The highest BCUT2D eigenvalue weighted by atomic mass is 35.5. The predicted octanol–water partition coefficient (Wildman–Crippen LogP) is 5.77. The van der Waals surface area contributed by atoms with E-state index in [1.165, 1.54) is 12.1 Å². The van der Waals surface area contributed by atoms with Gasteiger partial charge in [0.2, 0.25) is 29.1 Å². The molecule has 152 valence electrons. The third kappa shape index (κ3) is 4.04. The van der Waals surface area contributed by atoms with E-state index >= 15 is 0 Å². The number of benzene rings is 2. The first-order valence-electron chi connectivity index (χ1n) is 8.00. The Morgan fingerprint density at radius 2 is 1.62 bits per heavy atom. The summed E-state index contributed by atoms with van der Waals surface area (Å²) in [6.07, 6.45) is 0. The summed E-state index contributed by atoms with van der Waals surface area (Å²) in [5.74, 6) is -13.1. The minimum atomic E-state index is -2.29. The number of nitrogens with one attached hydrogen (secondary N) is 1. The number of hydrogen-bond acceptors (Lipinski definition) is 3. The van der Waals surface area contributed by atoms with Gasteiger partial charge in [0.1, 0.15) is 12.4 Å². The fourth-order valence-electron chi connectivity index (χ4n) is 2.36. The van der Waals surface area contributed by atoms with Gasteiger partial charge in [-0.2, -0.15) is 8.78 Å². The van der Waals surface area contributed by atoms with Gasteiger partial charge in [-0.1, -0.05) is 17.7 Å². The van der Waals surface area contributed by atoms with Gasteiger partial charge >= 0.3 is 0 Å². The van der Waals surface area contributed by atoms with Gasteiger partial charge in [0.25, 0.3) is 5.91 Å². The number of amides is 1. The van der Waals surface area contributed by atoms with Crippen molar-refractivity contribution in [3.05, 3.63) is 81.5 Å². The Bertz CT molecular complexity index is 1070. The van der Waals surface area contributed by atoms with Crippen molar-refractivity contribution in [3.63, 3.8) is 0 Å².